The van der Waals surface area contributed by atoms with E-state index in [4.69, 9.17) is 0 Å². The molecule has 20 heavy (non-hydrogen) atoms. The Labute approximate surface area is 121 Å². The van der Waals surface area contributed by atoms with E-state index >= 15 is 0 Å². The second-order valence-corrected chi connectivity index (χ2v) is 7.55. The largest absolute Gasteiger partial charge is 0.295 e. The van der Waals surface area contributed by atoms with Crippen molar-refractivity contribution in [1.82, 2.24) is 0 Å². The third-order valence-corrected chi connectivity index (χ3v) is 6.59. The Morgan fingerprint density at radius 2 is 2.00 bits per heavy atom. The highest BCUT2D eigenvalue weighted by Crippen LogP contribution is 2.57. The first-order valence-electron chi connectivity index (χ1n) is 8.25. The summed E-state index contributed by atoms with van der Waals surface area (Å²) in [7, 11) is 0. The molecule has 0 aromatic heterocycles. The second kappa shape index (κ2) is 4.19. The first-order valence-corrected chi connectivity index (χ1v) is 8.25. The Kier molecular flexibility index (Phi) is 2.64. The summed E-state index contributed by atoms with van der Waals surface area (Å²) in [5.41, 5.74) is 4.94. The SMILES string of the molecule is C[C@H]1CCC2=C3C=CC4=CC(=O)CC[C@]4(C)C3CCC21. The fourth-order valence-electron chi connectivity index (χ4n) is 5.27. The highest BCUT2D eigenvalue weighted by atomic mass is 16.1. The van der Waals surface area contributed by atoms with Crippen LogP contribution in [0.15, 0.2) is 34.9 Å². The standard InChI is InChI=1S/C19H24O/c1-12-3-5-16-15(12)7-8-18-17(16)6-4-13-11-14(20)9-10-19(13,18)2/h4,6,11-12,15,18H,3,5,7-10H2,1-2H3/t12-,15?,18?,19-/m0/s1. The number of hydrogen-bond acceptors (Lipinski definition) is 1. The third kappa shape index (κ3) is 1.58. The van der Waals surface area contributed by atoms with Crippen LogP contribution in [0.1, 0.15) is 52.4 Å². The second-order valence-electron chi connectivity index (χ2n) is 7.55. The molecule has 4 atom stereocenters. The van der Waals surface area contributed by atoms with Gasteiger partial charge in [-0.25, -0.2) is 0 Å². The molecule has 1 saturated carbocycles. The molecule has 106 valence electrons. The van der Waals surface area contributed by atoms with E-state index in [1.165, 1.54) is 31.3 Å². The molecule has 0 spiro atoms. The van der Waals surface area contributed by atoms with E-state index < -0.39 is 0 Å². The van der Waals surface area contributed by atoms with E-state index in [0.29, 0.717) is 11.7 Å². The lowest BCUT2D eigenvalue weighted by Crippen LogP contribution is -2.38. The van der Waals surface area contributed by atoms with Gasteiger partial charge in [-0.05, 0) is 72.5 Å². The van der Waals surface area contributed by atoms with Crippen LogP contribution in [0.5, 0.6) is 0 Å². The van der Waals surface area contributed by atoms with Gasteiger partial charge >= 0.3 is 0 Å². The normalized spacial score (nSPS) is 43.0. The maximum Gasteiger partial charge on any atom is 0.156 e. The Balaban J connectivity index is 1.84. The number of carbonyl (C=O) groups is 1. The van der Waals surface area contributed by atoms with E-state index in [-0.39, 0.29) is 5.41 Å². The van der Waals surface area contributed by atoms with Gasteiger partial charge in [0, 0.05) is 6.42 Å². The Morgan fingerprint density at radius 1 is 1.15 bits per heavy atom. The first kappa shape index (κ1) is 12.6. The molecule has 0 aromatic carbocycles. The maximum atomic E-state index is 11.7. The van der Waals surface area contributed by atoms with E-state index in [9.17, 15) is 4.79 Å². The molecule has 0 aromatic rings. The Bertz CT molecular complexity index is 562. The summed E-state index contributed by atoms with van der Waals surface area (Å²) in [4.78, 5) is 11.7. The monoisotopic (exact) mass is 268 g/mol. The van der Waals surface area contributed by atoms with E-state index in [2.05, 4.69) is 26.0 Å². The minimum absolute atomic E-state index is 0.224. The maximum absolute atomic E-state index is 11.7. The predicted molar refractivity (Wildman–Crippen MR) is 81.2 cm³/mol. The molecule has 4 aliphatic rings. The minimum Gasteiger partial charge on any atom is -0.295 e. The lowest BCUT2D eigenvalue weighted by Gasteiger charge is -2.47. The van der Waals surface area contributed by atoms with Crippen LogP contribution in [0.2, 0.25) is 0 Å². The van der Waals surface area contributed by atoms with E-state index in [1.807, 2.05) is 6.08 Å². The van der Waals surface area contributed by atoms with Gasteiger partial charge in [0.1, 0.15) is 0 Å². The van der Waals surface area contributed by atoms with Crippen molar-refractivity contribution >= 4 is 5.78 Å². The lowest BCUT2D eigenvalue weighted by molar-refractivity contribution is -0.115. The minimum atomic E-state index is 0.224. The van der Waals surface area contributed by atoms with Crippen LogP contribution >= 0.6 is 0 Å². The molecule has 1 fully saturated rings. The van der Waals surface area contributed by atoms with E-state index in [0.717, 1.165) is 24.7 Å². The molecular formula is C19H24O. The van der Waals surface area contributed by atoms with Crippen LogP contribution in [-0.2, 0) is 4.79 Å². The van der Waals surface area contributed by atoms with Gasteiger partial charge in [0.15, 0.2) is 5.78 Å². The summed E-state index contributed by atoms with van der Waals surface area (Å²) in [6.45, 7) is 4.83. The molecule has 0 N–H and O–H groups in total. The van der Waals surface area contributed by atoms with Crippen LogP contribution in [0, 0.1) is 23.2 Å². The molecule has 1 heteroatoms. The summed E-state index contributed by atoms with van der Waals surface area (Å²) < 4.78 is 0. The summed E-state index contributed by atoms with van der Waals surface area (Å²) in [6.07, 6.45) is 13.7. The van der Waals surface area contributed by atoms with Crippen LogP contribution < -0.4 is 0 Å². The highest BCUT2D eigenvalue weighted by Gasteiger charge is 2.47. The van der Waals surface area contributed by atoms with Gasteiger partial charge < -0.3 is 0 Å². The third-order valence-electron chi connectivity index (χ3n) is 6.59. The zero-order chi connectivity index (χ0) is 13.9. The number of hydrogen-bond donors (Lipinski definition) is 0. The van der Waals surface area contributed by atoms with Gasteiger partial charge in [-0.15, -0.1) is 0 Å². The van der Waals surface area contributed by atoms with Gasteiger partial charge in [0.05, 0.1) is 0 Å². The smallest absolute Gasteiger partial charge is 0.156 e. The van der Waals surface area contributed by atoms with Crippen LogP contribution in [0.3, 0.4) is 0 Å². The molecule has 4 rings (SSSR count). The highest BCUT2D eigenvalue weighted by molar-refractivity contribution is 5.92. The molecule has 0 aliphatic heterocycles. The van der Waals surface area contributed by atoms with Gasteiger partial charge in [0.25, 0.3) is 0 Å². The van der Waals surface area contributed by atoms with Crippen molar-refractivity contribution in [2.45, 2.75) is 52.4 Å². The number of rotatable bonds is 0. The molecule has 0 bridgehead atoms. The molecule has 1 nitrogen and oxygen atoms in total. The van der Waals surface area contributed by atoms with Gasteiger partial charge in [-0.2, -0.15) is 0 Å². The van der Waals surface area contributed by atoms with Gasteiger partial charge in [-0.1, -0.05) is 31.6 Å². The van der Waals surface area contributed by atoms with Crippen molar-refractivity contribution in [2.24, 2.45) is 23.2 Å². The Morgan fingerprint density at radius 3 is 2.85 bits per heavy atom. The molecule has 2 unspecified atom stereocenters. The summed E-state index contributed by atoms with van der Waals surface area (Å²) in [5, 5.41) is 0. The molecule has 0 radical (unpaired) electrons. The number of allylic oxidation sites excluding steroid dienone is 6. The fraction of sp³-hybridized carbons (Fsp3) is 0.632. The van der Waals surface area contributed by atoms with Crippen LogP contribution in [0.25, 0.3) is 0 Å². The lowest BCUT2D eigenvalue weighted by atomic mass is 9.56. The molecule has 0 amide bonds. The average Bonchev–Trinajstić information content (AvgIpc) is 2.82. The summed E-state index contributed by atoms with van der Waals surface area (Å²) in [6, 6.07) is 0. The number of carbonyl (C=O) groups excluding carboxylic acids is 1. The van der Waals surface area contributed by atoms with Crippen LogP contribution in [-0.4, -0.2) is 5.78 Å². The predicted octanol–water partition coefficient (Wildman–Crippen LogP) is 4.60. The zero-order valence-corrected chi connectivity index (χ0v) is 12.6. The average molecular weight is 268 g/mol. The van der Waals surface area contributed by atoms with E-state index in [1.54, 1.807) is 11.1 Å². The molecule has 4 aliphatic carbocycles. The molecular weight excluding hydrogens is 244 g/mol. The van der Waals surface area contributed by atoms with Crippen molar-refractivity contribution in [3.8, 4) is 0 Å². The number of ketones is 1. The van der Waals surface area contributed by atoms with Crippen LogP contribution in [0.4, 0.5) is 0 Å². The summed E-state index contributed by atoms with van der Waals surface area (Å²) in [5.74, 6) is 2.72. The van der Waals surface area contributed by atoms with Crippen molar-refractivity contribution in [1.29, 1.82) is 0 Å². The Hall–Kier alpha value is -1.11. The van der Waals surface area contributed by atoms with Crippen molar-refractivity contribution in [3.63, 3.8) is 0 Å². The van der Waals surface area contributed by atoms with Gasteiger partial charge in [0.2, 0.25) is 0 Å². The first-order chi connectivity index (χ1) is 9.59. The molecule has 0 saturated heterocycles. The van der Waals surface area contributed by atoms with Crippen molar-refractivity contribution in [2.75, 3.05) is 0 Å². The summed E-state index contributed by atoms with van der Waals surface area (Å²) >= 11 is 0. The van der Waals surface area contributed by atoms with Crippen molar-refractivity contribution < 1.29 is 4.79 Å². The number of fused-ring (bicyclic) bond motifs is 4. The van der Waals surface area contributed by atoms with Crippen molar-refractivity contribution in [3.05, 3.63) is 34.9 Å². The quantitative estimate of drug-likeness (QED) is 0.627. The van der Waals surface area contributed by atoms with Gasteiger partial charge in [-0.3, -0.25) is 4.79 Å². The fourth-order valence-corrected chi connectivity index (χ4v) is 5.27. The molecule has 0 heterocycles. The zero-order valence-electron chi connectivity index (χ0n) is 12.6. The topological polar surface area (TPSA) is 17.1 Å².